The van der Waals surface area contributed by atoms with Gasteiger partial charge in [-0.15, -0.1) is 0 Å². The summed E-state index contributed by atoms with van der Waals surface area (Å²) < 4.78 is 33.9. The third-order valence-corrected chi connectivity index (χ3v) is 5.08. The highest BCUT2D eigenvalue weighted by atomic mass is 32.2. The molecule has 6 nitrogen and oxygen atoms in total. The Labute approximate surface area is 120 Å². The van der Waals surface area contributed by atoms with Crippen LogP contribution in [0.1, 0.15) is 19.3 Å². The topological polar surface area (TPSA) is 84.7 Å². The number of hydrogen-bond donors (Lipinski definition) is 2. The normalized spacial score (nSPS) is 20.6. The first kappa shape index (κ1) is 15.1. The van der Waals surface area contributed by atoms with Gasteiger partial charge in [0.15, 0.2) is 0 Å². The number of methoxy groups -OCH3 is 1. The number of nitrogens with two attached hydrogens (primary N) is 1. The molecule has 1 aliphatic rings. The molecular weight excluding hydrogens is 278 g/mol. The third kappa shape index (κ3) is 3.41. The molecule has 3 N–H and O–H groups in total. The molecule has 1 aromatic rings. The summed E-state index contributed by atoms with van der Waals surface area (Å²) in [6.07, 6.45) is 2.72. The van der Waals surface area contributed by atoms with E-state index in [4.69, 9.17) is 10.5 Å². The first-order chi connectivity index (χ1) is 9.56. The Bertz CT molecular complexity index is 530. The summed E-state index contributed by atoms with van der Waals surface area (Å²) in [5, 5.41) is 0. The molecule has 0 aromatic heterocycles. The molecule has 1 aromatic carbocycles. The standard InChI is InChI=1S/C13H21N3O3S/c1-19-13-7-5-11(6-8-13)15-20(17,18)16-9-3-2-4-12(16)10-14/h5-8,12,15H,2-4,9-10,14H2,1H3. The van der Waals surface area contributed by atoms with Gasteiger partial charge in [0.25, 0.3) is 0 Å². The van der Waals surface area contributed by atoms with E-state index in [-0.39, 0.29) is 6.04 Å². The third-order valence-electron chi connectivity index (χ3n) is 3.49. The number of ether oxygens (including phenoxy) is 1. The van der Waals surface area contributed by atoms with Crippen molar-refractivity contribution in [2.75, 3.05) is 24.9 Å². The SMILES string of the molecule is COc1ccc(NS(=O)(=O)N2CCCCC2CN)cc1. The molecule has 1 saturated heterocycles. The van der Waals surface area contributed by atoms with Gasteiger partial charge in [-0.25, -0.2) is 0 Å². The van der Waals surface area contributed by atoms with Crippen molar-refractivity contribution in [2.45, 2.75) is 25.3 Å². The maximum absolute atomic E-state index is 12.4. The van der Waals surface area contributed by atoms with Gasteiger partial charge in [0.05, 0.1) is 12.8 Å². The van der Waals surface area contributed by atoms with Crippen LogP contribution < -0.4 is 15.2 Å². The van der Waals surface area contributed by atoms with Crippen molar-refractivity contribution in [1.82, 2.24) is 4.31 Å². The van der Waals surface area contributed by atoms with Gasteiger partial charge in [0, 0.05) is 19.1 Å². The van der Waals surface area contributed by atoms with Crippen LogP contribution in [0.3, 0.4) is 0 Å². The van der Waals surface area contributed by atoms with Crippen molar-refractivity contribution in [2.24, 2.45) is 5.73 Å². The second kappa shape index (κ2) is 6.43. The monoisotopic (exact) mass is 299 g/mol. The van der Waals surface area contributed by atoms with Gasteiger partial charge in [-0.2, -0.15) is 12.7 Å². The molecule has 0 bridgehead atoms. The molecule has 112 valence electrons. The molecule has 7 heteroatoms. The van der Waals surface area contributed by atoms with E-state index in [1.807, 2.05) is 0 Å². The molecule has 20 heavy (non-hydrogen) atoms. The Balaban J connectivity index is 2.12. The fourth-order valence-corrected chi connectivity index (χ4v) is 3.90. The summed E-state index contributed by atoms with van der Waals surface area (Å²) >= 11 is 0. The highest BCUT2D eigenvalue weighted by Gasteiger charge is 2.31. The average Bonchev–Trinajstić information content (AvgIpc) is 2.47. The van der Waals surface area contributed by atoms with Crippen molar-refractivity contribution in [3.8, 4) is 5.75 Å². The summed E-state index contributed by atoms with van der Waals surface area (Å²) in [6.45, 7) is 0.872. The van der Waals surface area contributed by atoms with Crippen LogP contribution in [0.2, 0.25) is 0 Å². The Hall–Kier alpha value is -1.31. The molecule has 1 fully saturated rings. The molecular formula is C13H21N3O3S. The molecule has 1 unspecified atom stereocenters. The van der Waals surface area contributed by atoms with Crippen molar-refractivity contribution >= 4 is 15.9 Å². The Morgan fingerprint density at radius 3 is 2.65 bits per heavy atom. The second-order valence-corrected chi connectivity index (χ2v) is 6.45. The molecule has 1 aliphatic heterocycles. The van der Waals surface area contributed by atoms with E-state index in [2.05, 4.69) is 4.72 Å². The summed E-state index contributed by atoms with van der Waals surface area (Å²) in [5.41, 5.74) is 6.19. The van der Waals surface area contributed by atoms with Gasteiger partial charge in [0.1, 0.15) is 5.75 Å². The lowest BCUT2D eigenvalue weighted by Gasteiger charge is -2.33. The van der Waals surface area contributed by atoms with Crippen LogP contribution in [0.5, 0.6) is 5.75 Å². The van der Waals surface area contributed by atoms with Crippen molar-refractivity contribution in [3.63, 3.8) is 0 Å². The molecule has 0 amide bonds. The minimum absolute atomic E-state index is 0.112. The first-order valence-electron chi connectivity index (χ1n) is 6.70. The Morgan fingerprint density at radius 2 is 2.05 bits per heavy atom. The molecule has 1 atom stereocenters. The van der Waals surface area contributed by atoms with E-state index in [9.17, 15) is 8.42 Å². The van der Waals surface area contributed by atoms with Crippen molar-refractivity contribution < 1.29 is 13.2 Å². The van der Waals surface area contributed by atoms with E-state index in [0.29, 0.717) is 24.5 Å². The minimum Gasteiger partial charge on any atom is -0.497 e. The second-order valence-electron chi connectivity index (χ2n) is 4.83. The smallest absolute Gasteiger partial charge is 0.301 e. The number of piperidine rings is 1. The molecule has 2 rings (SSSR count). The van der Waals surface area contributed by atoms with E-state index in [1.54, 1.807) is 31.4 Å². The fourth-order valence-electron chi connectivity index (χ4n) is 2.39. The van der Waals surface area contributed by atoms with Crippen LogP contribution in [0.15, 0.2) is 24.3 Å². The van der Waals surface area contributed by atoms with Crippen LogP contribution in [0.25, 0.3) is 0 Å². The van der Waals surface area contributed by atoms with Crippen LogP contribution in [0.4, 0.5) is 5.69 Å². The summed E-state index contributed by atoms with van der Waals surface area (Å²) in [7, 11) is -1.99. The highest BCUT2D eigenvalue weighted by Crippen LogP contribution is 2.22. The van der Waals surface area contributed by atoms with E-state index < -0.39 is 10.2 Å². The fraction of sp³-hybridized carbons (Fsp3) is 0.538. The summed E-state index contributed by atoms with van der Waals surface area (Å²) in [4.78, 5) is 0. The number of nitrogens with zero attached hydrogens (tertiary/aromatic N) is 1. The summed E-state index contributed by atoms with van der Waals surface area (Å²) in [6, 6.07) is 6.68. The lowest BCUT2D eigenvalue weighted by molar-refractivity contribution is 0.259. The first-order valence-corrected chi connectivity index (χ1v) is 8.14. The van der Waals surface area contributed by atoms with Gasteiger partial charge in [-0.05, 0) is 37.1 Å². The predicted octanol–water partition coefficient (Wildman–Crippen LogP) is 1.17. The molecule has 0 spiro atoms. The zero-order valence-corrected chi connectivity index (χ0v) is 12.4. The zero-order valence-electron chi connectivity index (χ0n) is 11.6. The molecule has 0 radical (unpaired) electrons. The van der Waals surface area contributed by atoms with Gasteiger partial charge >= 0.3 is 10.2 Å². The van der Waals surface area contributed by atoms with Crippen LogP contribution >= 0.6 is 0 Å². The number of nitrogens with one attached hydrogen (secondary N) is 1. The van der Waals surface area contributed by atoms with Crippen molar-refractivity contribution in [1.29, 1.82) is 0 Å². The maximum atomic E-state index is 12.4. The molecule has 0 saturated carbocycles. The van der Waals surface area contributed by atoms with Crippen LogP contribution in [0, 0.1) is 0 Å². The van der Waals surface area contributed by atoms with Crippen LogP contribution in [-0.4, -0.2) is 39.0 Å². The lowest BCUT2D eigenvalue weighted by atomic mass is 10.1. The molecule has 0 aliphatic carbocycles. The van der Waals surface area contributed by atoms with Crippen molar-refractivity contribution in [3.05, 3.63) is 24.3 Å². The van der Waals surface area contributed by atoms with Gasteiger partial charge in [-0.1, -0.05) is 6.42 Å². The maximum Gasteiger partial charge on any atom is 0.301 e. The van der Waals surface area contributed by atoms with Crippen LogP contribution in [-0.2, 0) is 10.2 Å². The number of benzene rings is 1. The number of anilines is 1. The summed E-state index contributed by atoms with van der Waals surface area (Å²) in [5.74, 6) is 0.686. The predicted molar refractivity (Wildman–Crippen MR) is 78.9 cm³/mol. The Kier molecular flexibility index (Phi) is 4.85. The van der Waals surface area contributed by atoms with Gasteiger partial charge in [0.2, 0.25) is 0 Å². The largest absolute Gasteiger partial charge is 0.497 e. The van der Waals surface area contributed by atoms with E-state index in [1.165, 1.54) is 4.31 Å². The average molecular weight is 299 g/mol. The van der Waals surface area contributed by atoms with E-state index in [0.717, 1.165) is 19.3 Å². The lowest BCUT2D eigenvalue weighted by Crippen LogP contribution is -2.49. The zero-order chi connectivity index (χ0) is 14.6. The number of hydrogen-bond acceptors (Lipinski definition) is 4. The van der Waals surface area contributed by atoms with E-state index >= 15 is 0 Å². The highest BCUT2D eigenvalue weighted by molar-refractivity contribution is 7.90. The number of rotatable bonds is 5. The van der Waals surface area contributed by atoms with Gasteiger partial charge < -0.3 is 10.5 Å². The van der Waals surface area contributed by atoms with Gasteiger partial charge in [-0.3, -0.25) is 4.72 Å². The Morgan fingerprint density at radius 1 is 1.35 bits per heavy atom. The minimum atomic E-state index is -3.55. The quantitative estimate of drug-likeness (QED) is 0.854. The molecule has 1 heterocycles.